The van der Waals surface area contributed by atoms with E-state index in [0.717, 1.165) is 16.9 Å². The quantitative estimate of drug-likeness (QED) is 0.212. The molecule has 4 rings (SSSR count). The maximum absolute atomic E-state index is 11.2. The number of benzene rings is 3. The molecule has 0 aromatic heterocycles. The summed E-state index contributed by atoms with van der Waals surface area (Å²) in [6.45, 7) is 2.48. The average Bonchev–Trinajstić information content (AvgIpc) is 2.91. The van der Waals surface area contributed by atoms with Crippen molar-refractivity contribution in [2.24, 2.45) is 4.99 Å². The fourth-order valence-electron chi connectivity index (χ4n) is 4.38. The average molecular weight is 541 g/mol. The molecule has 0 bridgehead atoms. The monoisotopic (exact) mass is 540 g/mol. The highest BCUT2D eigenvalue weighted by Gasteiger charge is 2.43. The third kappa shape index (κ3) is 6.38. The van der Waals surface area contributed by atoms with Crippen LogP contribution in [0.3, 0.4) is 0 Å². The van der Waals surface area contributed by atoms with Crippen LogP contribution in [0.15, 0.2) is 71.7 Å². The molecule has 1 aliphatic heterocycles. The first-order chi connectivity index (χ1) is 18.3. The molecule has 0 amide bonds. The maximum atomic E-state index is 11.2. The number of rotatable bonds is 9. The molecule has 1 aliphatic rings. The van der Waals surface area contributed by atoms with Crippen molar-refractivity contribution in [1.29, 1.82) is 0 Å². The minimum absolute atomic E-state index is 0.0137. The van der Waals surface area contributed by atoms with Gasteiger partial charge in [0.1, 0.15) is 36.3 Å². The van der Waals surface area contributed by atoms with Crippen LogP contribution < -0.4 is 4.74 Å². The topological polar surface area (TPSA) is 135 Å². The molecule has 3 aromatic carbocycles. The summed E-state index contributed by atoms with van der Waals surface area (Å²) in [5.41, 5.74) is 2.71. The zero-order valence-corrected chi connectivity index (χ0v) is 21.4. The van der Waals surface area contributed by atoms with E-state index in [-0.39, 0.29) is 12.2 Å². The van der Waals surface area contributed by atoms with E-state index in [1.165, 1.54) is 12.3 Å². The molecule has 0 unspecified atom stereocenters. The van der Waals surface area contributed by atoms with Gasteiger partial charge in [-0.15, -0.1) is 0 Å². The molecule has 0 spiro atoms. The molecular weight excluding hydrogens is 512 g/mol. The summed E-state index contributed by atoms with van der Waals surface area (Å²) in [6, 6.07) is 19.1. The third-order valence-electron chi connectivity index (χ3n) is 6.38. The molecule has 1 fully saturated rings. The fraction of sp³-hybridized carbons (Fsp3) is 0.321. The number of nitro benzene ring substituents is 1. The summed E-state index contributed by atoms with van der Waals surface area (Å²) in [4.78, 5) is 15.0. The minimum Gasteiger partial charge on any atom is -0.494 e. The zero-order valence-electron chi connectivity index (χ0n) is 20.7. The number of nitrogens with zero attached hydrogens (tertiary/aromatic N) is 2. The highest BCUT2D eigenvalue weighted by Crippen LogP contribution is 2.34. The minimum atomic E-state index is -1.50. The molecule has 0 saturated carbocycles. The second-order valence-electron chi connectivity index (χ2n) is 8.97. The number of aliphatic hydroxyl groups is 3. The molecule has 1 saturated heterocycles. The van der Waals surface area contributed by atoms with Crippen molar-refractivity contribution >= 4 is 23.5 Å². The highest BCUT2D eigenvalue weighted by atomic mass is 35.5. The van der Waals surface area contributed by atoms with Crippen LogP contribution in [0.25, 0.3) is 0 Å². The van der Waals surface area contributed by atoms with Crippen LogP contribution in [0.1, 0.15) is 35.3 Å². The van der Waals surface area contributed by atoms with Crippen molar-refractivity contribution in [3.05, 3.63) is 104 Å². The van der Waals surface area contributed by atoms with Crippen LogP contribution in [0.4, 0.5) is 5.69 Å². The Hall–Kier alpha value is -3.34. The van der Waals surface area contributed by atoms with Crippen molar-refractivity contribution in [2.45, 2.75) is 50.4 Å². The summed E-state index contributed by atoms with van der Waals surface area (Å²) in [5, 5.41) is 43.5. The lowest BCUT2D eigenvalue weighted by Gasteiger charge is -2.39. The van der Waals surface area contributed by atoms with Gasteiger partial charge in [-0.3, -0.25) is 15.1 Å². The number of ether oxygens (including phenoxy) is 2. The third-order valence-corrected chi connectivity index (χ3v) is 6.75. The lowest BCUT2D eigenvalue weighted by atomic mass is 9.90. The van der Waals surface area contributed by atoms with E-state index in [1.807, 2.05) is 31.2 Å². The van der Waals surface area contributed by atoms with Gasteiger partial charge in [0.25, 0.3) is 5.69 Å². The second-order valence-corrected chi connectivity index (χ2v) is 9.38. The van der Waals surface area contributed by atoms with Gasteiger partial charge in [-0.25, -0.2) is 0 Å². The van der Waals surface area contributed by atoms with Crippen LogP contribution in [0.5, 0.6) is 5.75 Å². The summed E-state index contributed by atoms with van der Waals surface area (Å²) in [7, 11) is 0. The number of para-hydroxylation sites is 1. The van der Waals surface area contributed by atoms with Crippen molar-refractivity contribution < 1.29 is 29.7 Å². The van der Waals surface area contributed by atoms with E-state index >= 15 is 0 Å². The molecule has 38 heavy (non-hydrogen) atoms. The van der Waals surface area contributed by atoms with Crippen LogP contribution in [-0.4, -0.2) is 57.5 Å². The van der Waals surface area contributed by atoms with Gasteiger partial charge in [-0.1, -0.05) is 54.1 Å². The summed E-state index contributed by atoms with van der Waals surface area (Å²) in [5.74, 6) is 0.775. The Bertz CT molecular complexity index is 1280. The lowest BCUT2D eigenvalue weighted by molar-refractivity contribution is -0.385. The summed E-state index contributed by atoms with van der Waals surface area (Å²) < 4.78 is 11.5. The van der Waals surface area contributed by atoms with E-state index in [0.29, 0.717) is 29.2 Å². The Morgan fingerprint density at radius 2 is 1.76 bits per heavy atom. The molecule has 0 aliphatic carbocycles. The second kappa shape index (κ2) is 12.5. The Morgan fingerprint density at radius 3 is 2.47 bits per heavy atom. The Kier molecular flexibility index (Phi) is 9.09. The molecule has 200 valence electrons. The zero-order chi connectivity index (χ0) is 27.2. The van der Waals surface area contributed by atoms with Gasteiger partial charge in [-0.05, 0) is 48.2 Å². The molecule has 9 nitrogen and oxygen atoms in total. The van der Waals surface area contributed by atoms with Crippen LogP contribution in [-0.2, 0) is 17.7 Å². The predicted octanol–water partition coefficient (Wildman–Crippen LogP) is 4.03. The van der Waals surface area contributed by atoms with Gasteiger partial charge in [0.2, 0.25) is 0 Å². The van der Waals surface area contributed by atoms with Gasteiger partial charge in [-0.2, -0.15) is 0 Å². The SMILES string of the molecule is CCOc1ccc(Cc2cc([C@@H]3O[C@H](C=NCc4ccccc4[N+](=O)[O-])[C@@H](O)[C@H](O)[C@H]3O)ccc2Cl)cc1. The first-order valence-electron chi connectivity index (χ1n) is 12.2. The standard InChI is InChI=1S/C28H29ClN2O7/c1-2-37-21-10-7-17(8-11-21)13-20-14-18(9-12-22(20)29)28-27(34)26(33)25(32)24(38-28)16-30-15-19-5-3-4-6-23(19)31(35)36/h3-12,14,16,24-28,32-34H,2,13,15H2,1H3/t24-,25-,26+,27-,28+/m1/s1. The molecular formula is C28H29ClN2O7. The van der Waals surface area contributed by atoms with Gasteiger partial charge >= 0.3 is 0 Å². The number of nitro groups is 1. The van der Waals surface area contributed by atoms with Crippen LogP contribution in [0.2, 0.25) is 5.02 Å². The van der Waals surface area contributed by atoms with Crippen LogP contribution in [0, 0.1) is 10.1 Å². The van der Waals surface area contributed by atoms with Crippen LogP contribution >= 0.6 is 11.6 Å². The maximum Gasteiger partial charge on any atom is 0.274 e. The van der Waals surface area contributed by atoms with E-state index in [2.05, 4.69) is 4.99 Å². The smallest absolute Gasteiger partial charge is 0.274 e. The summed E-state index contributed by atoms with van der Waals surface area (Å²) in [6.07, 6.45) is -4.52. The number of halogens is 1. The van der Waals surface area contributed by atoms with Gasteiger partial charge in [0, 0.05) is 17.3 Å². The molecule has 1 heterocycles. The largest absolute Gasteiger partial charge is 0.494 e. The normalized spacial score (nSPS) is 23.4. The highest BCUT2D eigenvalue weighted by molar-refractivity contribution is 6.31. The van der Waals surface area contributed by atoms with E-state index in [9.17, 15) is 25.4 Å². The van der Waals surface area contributed by atoms with E-state index in [1.54, 1.807) is 36.4 Å². The Labute approximate surface area is 225 Å². The van der Waals surface area contributed by atoms with Crippen molar-refractivity contribution in [1.82, 2.24) is 0 Å². The van der Waals surface area contributed by atoms with Crippen molar-refractivity contribution in [2.75, 3.05) is 6.61 Å². The molecule has 0 radical (unpaired) electrons. The van der Waals surface area contributed by atoms with Crippen molar-refractivity contribution in [3.63, 3.8) is 0 Å². The molecule has 5 atom stereocenters. The summed E-state index contributed by atoms with van der Waals surface area (Å²) >= 11 is 6.46. The van der Waals surface area contributed by atoms with Gasteiger partial charge < -0.3 is 24.8 Å². The number of hydrogen-bond acceptors (Lipinski definition) is 8. The number of aliphatic hydroxyl groups excluding tert-OH is 3. The Morgan fingerprint density at radius 1 is 1.03 bits per heavy atom. The van der Waals surface area contributed by atoms with Gasteiger partial charge in [0.15, 0.2) is 0 Å². The molecule has 3 aromatic rings. The lowest BCUT2D eigenvalue weighted by Crippen LogP contribution is -2.54. The molecule has 3 N–H and O–H groups in total. The first-order valence-corrected chi connectivity index (χ1v) is 12.6. The first kappa shape index (κ1) is 27.7. The van der Waals surface area contributed by atoms with E-state index in [4.69, 9.17) is 21.1 Å². The van der Waals surface area contributed by atoms with E-state index < -0.39 is 35.4 Å². The number of hydrogen-bond donors (Lipinski definition) is 3. The van der Waals surface area contributed by atoms with Crippen molar-refractivity contribution in [3.8, 4) is 5.75 Å². The Balaban J connectivity index is 1.52. The molecule has 10 heteroatoms. The fourth-order valence-corrected chi connectivity index (χ4v) is 4.56. The predicted molar refractivity (Wildman–Crippen MR) is 143 cm³/mol. The number of aliphatic imine (C=N–C) groups is 1. The van der Waals surface area contributed by atoms with Gasteiger partial charge in [0.05, 0.1) is 23.6 Å².